The van der Waals surface area contributed by atoms with Gasteiger partial charge in [-0.1, -0.05) is 24.3 Å². The Morgan fingerprint density at radius 2 is 1.95 bits per heavy atom. The van der Waals surface area contributed by atoms with E-state index in [-0.39, 0.29) is 17.4 Å². The van der Waals surface area contributed by atoms with Crippen LogP contribution < -0.4 is 10.6 Å². The van der Waals surface area contributed by atoms with E-state index in [1.807, 2.05) is 0 Å². The maximum atomic E-state index is 12.1. The molecule has 110 valence electrons. The molecule has 1 aromatic rings. The molecule has 0 heterocycles. The Labute approximate surface area is 122 Å². The van der Waals surface area contributed by atoms with Crippen LogP contribution in [0.25, 0.3) is 0 Å². The fourth-order valence-corrected chi connectivity index (χ4v) is 2.59. The van der Waals surface area contributed by atoms with E-state index < -0.39 is 0 Å². The molecular weight excluding hydrogens is 248 g/mol. The van der Waals surface area contributed by atoms with Gasteiger partial charge in [0.15, 0.2) is 0 Å². The van der Waals surface area contributed by atoms with E-state index in [0.29, 0.717) is 12.5 Å². The molecule has 2 N–H and O–H groups in total. The fourth-order valence-electron chi connectivity index (χ4n) is 2.59. The summed E-state index contributed by atoms with van der Waals surface area (Å²) in [5.74, 6) is 0.798. The minimum atomic E-state index is 0.105. The number of carbonyl (C=O) groups is 1. The van der Waals surface area contributed by atoms with Crippen LogP contribution in [-0.4, -0.2) is 24.5 Å². The number of rotatable bonds is 5. The van der Waals surface area contributed by atoms with Crippen LogP contribution in [0.1, 0.15) is 44.2 Å². The Kier molecular flexibility index (Phi) is 4.48. The molecule has 3 nitrogen and oxygen atoms in total. The van der Waals surface area contributed by atoms with Gasteiger partial charge in [0.1, 0.15) is 0 Å². The summed E-state index contributed by atoms with van der Waals surface area (Å²) < 4.78 is 0. The molecule has 2 atom stereocenters. The van der Waals surface area contributed by atoms with E-state index in [0.717, 1.165) is 13.0 Å². The maximum Gasteiger partial charge on any atom is 0.223 e. The monoisotopic (exact) mass is 274 g/mol. The number of carbonyl (C=O) groups excluding carboxylic acids is 1. The lowest BCUT2D eigenvalue weighted by molar-refractivity contribution is -0.122. The third-order valence-corrected chi connectivity index (χ3v) is 3.79. The molecule has 0 bridgehead atoms. The maximum absolute atomic E-state index is 12.1. The highest BCUT2D eigenvalue weighted by atomic mass is 16.2. The van der Waals surface area contributed by atoms with E-state index >= 15 is 0 Å². The van der Waals surface area contributed by atoms with Crippen molar-refractivity contribution < 1.29 is 4.79 Å². The van der Waals surface area contributed by atoms with Gasteiger partial charge in [-0.25, -0.2) is 0 Å². The first-order chi connectivity index (χ1) is 9.38. The van der Waals surface area contributed by atoms with Crippen molar-refractivity contribution in [1.82, 2.24) is 10.6 Å². The summed E-state index contributed by atoms with van der Waals surface area (Å²) in [5, 5.41) is 6.41. The molecular formula is C17H26N2O. The van der Waals surface area contributed by atoms with Gasteiger partial charge in [0.2, 0.25) is 5.91 Å². The molecule has 20 heavy (non-hydrogen) atoms. The van der Waals surface area contributed by atoms with Gasteiger partial charge in [0.05, 0.1) is 0 Å². The standard InChI is InChI=1S/C17H26N2O/c1-12-7-5-6-8-13(12)14-11-15(14)16(20)18-9-10-19-17(2,3)4/h5-8,14-15,19H,9-11H2,1-4H3,(H,18,20)/t14-,15+/m0/s1. The summed E-state index contributed by atoms with van der Waals surface area (Å²) in [6, 6.07) is 8.38. The number of hydrogen-bond acceptors (Lipinski definition) is 2. The number of aryl methyl sites for hydroxylation is 1. The average molecular weight is 274 g/mol. The van der Waals surface area contributed by atoms with Gasteiger partial charge in [0.25, 0.3) is 0 Å². The molecule has 1 aliphatic rings. The zero-order chi connectivity index (χ0) is 14.8. The predicted molar refractivity (Wildman–Crippen MR) is 82.8 cm³/mol. The molecule has 1 saturated carbocycles. The zero-order valence-corrected chi connectivity index (χ0v) is 13.0. The van der Waals surface area contributed by atoms with Crippen LogP contribution in [0, 0.1) is 12.8 Å². The Morgan fingerprint density at radius 1 is 1.25 bits per heavy atom. The number of hydrogen-bond donors (Lipinski definition) is 2. The average Bonchev–Trinajstić information content (AvgIpc) is 3.14. The molecule has 2 rings (SSSR count). The third-order valence-electron chi connectivity index (χ3n) is 3.79. The van der Waals surface area contributed by atoms with Crippen molar-refractivity contribution >= 4 is 5.91 Å². The molecule has 0 spiro atoms. The second-order valence-corrected chi connectivity index (χ2v) is 6.77. The first-order valence-corrected chi connectivity index (χ1v) is 7.47. The van der Waals surface area contributed by atoms with Gasteiger partial charge < -0.3 is 10.6 Å². The van der Waals surface area contributed by atoms with Crippen molar-refractivity contribution in [2.24, 2.45) is 5.92 Å². The Hall–Kier alpha value is -1.35. The summed E-state index contributed by atoms with van der Waals surface area (Å²) in [5.41, 5.74) is 2.73. The number of nitrogens with one attached hydrogen (secondary N) is 2. The lowest BCUT2D eigenvalue weighted by Crippen LogP contribution is -2.41. The van der Waals surface area contributed by atoms with Crippen molar-refractivity contribution in [2.75, 3.05) is 13.1 Å². The highest BCUT2D eigenvalue weighted by Crippen LogP contribution is 2.48. The highest BCUT2D eigenvalue weighted by molar-refractivity contribution is 5.83. The lowest BCUT2D eigenvalue weighted by atomic mass is 10.0. The third kappa shape index (κ3) is 4.07. The van der Waals surface area contributed by atoms with Gasteiger partial charge in [-0.05, 0) is 51.2 Å². The Morgan fingerprint density at radius 3 is 2.60 bits per heavy atom. The summed E-state index contributed by atoms with van der Waals surface area (Å²) in [6.45, 7) is 10.0. The van der Waals surface area contributed by atoms with E-state index in [4.69, 9.17) is 0 Å². The quantitative estimate of drug-likeness (QED) is 0.810. The van der Waals surface area contributed by atoms with Crippen LogP contribution in [0.15, 0.2) is 24.3 Å². The number of amides is 1. The van der Waals surface area contributed by atoms with Crippen LogP contribution in [0.4, 0.5) is 0 Å². The number of benzene rings is 1. The first-order valence-electron chi connectivity index (χ1n) is 7.47. The molecule has 3 heteroatoms. The zero-order valence-electron chi connectivity index (χ0n) is 13.0. The van der Waals surface area contributed by atoms with E-state index in [1.54, 1.807) is 0 Å². The first kappa shape index (κ1) is 15.0. The van der Waals surface area contributed by atoms with Crippen LogP contribution in [-0.2, 0) is 4.79 Å². The largest absolute Gasteiger partial charge is 0.355 e. The minimum absolute atomic E-state index is 0.105. The summed E-state index contributed by atoms with van der Waals surface area (Å²) in [4.78, 5) is 12.1. The molecule has 0 saturated heterocycles. The molecule has 1 aromatic carbocycles. The van der Waals surface area contributed by atoms with Gasteiger partial charge >= 0.3 is 0 Å². The predicted octanol–water partition coefficient (Wildman–Crippen LogP) is 2.60. The van der Waals surface area contributed by atoms with Crippen molar-refractivity contribution in [3.63, 3.8) is 0 Å². The summed E-state index contributed by atoms with van der Waals surface area (Å²) >= 11 is 0. The smallest absolute Gasteiger partial charge is 0.223 e. The van der Waals surface area contributed by atoms with E-state index in [9.17, 15) is 4.79 Å². The van der Waals surface area contributed by atoms with Gasteiger partial charge in [-0.3, -0.25) is 4.79 Å². The van der Waals surface area contributed by atoms with E-state index in [1.165, 1.54) is 11.1 Å². The summed E-state index contributed by atoms with van der Waals surface area (Å²) in [6.07, 6.45) is 0.989. The molecule has 0 radical (unpaired) electrons. The van der Waals surface area contributed by atoms with Gasteiger partial charge in [0, 0.05) is 24.5 Å². The van der Waals surface area contributed by atoms with Crippen LogP contribution in [0.2, 0.25) is 0 Å². The second kappa shape index (κ2) is 5.96. The highest BCUT2D eigenvalue weighted by Gasteiger charge is 2.44. The van der Waals surface area contributed by atoms with Crippen LogP contribution >= 0.6 is 0 Å². The van der Waals surface area contributed by atoms with E-state index in [2.05, 4.69) is 62.6 Å². The van der Waals surface area contributed by atoms with Crippen molar-refractivity contribution in [3.05, 3.63) is 35.4 Å². The SMILES string of the molecule is Cc1ccccc1[C@@H]1C[C@H]1C(=O)NCCNC(C)(C)C. The van der Waals surface area contributed by atoms with Gasteiger partial charge in [-0.15, -0.1) is 0 Å². The normalized spacial score (nSPS) is 21.6. The van der Waals surface area contributed by atoms with Crippen LogP contribution in [0.3, 0.4) is 0 Å². The lowest BCUT2D eigenvalue weighted by Gasteiger charge is -2.20. The van der Waals surface area contributed by atoms with Crippen LogP contribution in [0.5, 0.6) is 0 Å². The summed E-state index contributed by atoms with van der Waals surface area (Å²) in [7, 11) is 0. The molecule has 0 unspecified atom stereocenters. The fraction of sp³-hybridized carbons (Fsp3) is 0.588. The molecule has 0 aliphatic heterocycles. The Balaban J connectivity index is 1.75. The molecule has 0 aromatic heterocycles. The second-order valence-electron chi connectivity index (χ2n) is 6.77. The molecule has 1 fully saturated rings. The minimum Gasteiger partial charge on any atom is -0.355 e. The Bertz CT molecular complexity index is 476. The molecule has 1 amide bonds. The van der Waals surface area contributed by atoms with Crippen molar-refractivity contribution in [3.8, 4) is 0 Å². The molecule has 1 aliphatic carbocycles. The van der Waals surface area contributed by atoms with Crippen molar-refractivity contribution in [2.45, 2.75) is 45.6 Å². The van der Waals surface area contributed by atoms with Gasteiger partial charge in [-0.2, -0.15) is 0 Å². The van der Waals surface area contributed by atoms with Crippen molar-refractivity contribution in [1.29, 1.82) is 0 Å². The topological polar surface area (TPSA) is 41.1 Å².